The number of carbonyl (C=O) groups excluding carboxylic acids is 1. The molecule has 4 heteroatoms. The predicted octanol–water partition coefficient (Wildman–Crippen LogP) is 3.11. The predicted molar refractivity (Wildman–Crippen MR) is 77.3 cm³/mol. The molecule has 0 saturated heterocycles. The summed E-state index contributed by atoms with van der Waals surface area (Å²) in [6, 6.07) is 0.176. The third-order valence-electron chi connectivity index (χ3n) is 5.26. The SMILES string of the molecule is CC(NC(=O)CC1(C(=O)O)CCCC1)C1CCCCC1. The highest BCUT2D eigenvalue weighted by molar-refractivity contribution is 5.85. The number of carboxylic acids is 1. The van der Waals surface area contributed by atoms with E-state index in [1.165, 1.54) is 32.1 Å². The molecule has 0 aliphatic heterocycles. The summed E-state index contributed by atoms with van der Waals surface area (Å²) < 4.78 is 0. The van der Waals surface area contributed by atoms with E-state index in [2.05, 4.69) is 12.2 Å². The first-order valence-electron chi connectivity index (χ1n) is 8.06. The van der Waals surface area contributed by atoms with Gasteiger partial charge >= 0.3 is 5.97 Å². The molecule has 2 fully saturated rings. The Morgan fingerprint density at radius 3 is 2.30 bits per heavy atom. The van der Waals surface area contributed by atoms with Crippen LogP contribution in [0.25, 0.3) is 0 Å². The average Bonchev–Trinajstić information content (AvgIpc) is 2.89. The van der Waals surface area contributed by atoms with Crippen LogP contribution in [0.15, 0.2) is 0 Å². The number of carbonyl (C=O) groups is 2. The van der Waals surface area contributed by atoms with Gasteiger partial charge in [0.2, 0.25) is 5.91 Å². The summed E-state index contributed by atoms with van der Waals surface area (Å²) in [6.45, 7) is 2.07. The minimum atomic E-state index is -0.796. The molecule has 0 spiro atoms. The topological polar surface area (TPSA) is 66.4 Å². The lowest BCUT2D eigenvalue weighted by molar-refractivity contribution is -0.151. The maximum absolute atomic E-state index is 12.2. The molecule has 2 aliphatic rings. The van der Waals surface area contributed by atoms with Crippen molar-refractivity contribution in [2.24, 2.45) is 11.3 Å². The van der Waals surface area contributed by atoms with Crippen LogP contribution in [0.5, 0.6) is 0 Å². The zero-order valence-electron chi connectivity index (χ0n) is 12.5. The smallest absolute Gasteiger partial charge is 0.310 e. The maximum atomic E-state index is 12.2. The van der Waals surface area contributed by atoms with Crippen molar-refractivity contribution in [3.63, 3.8) is 0 Å². The minimum absolute atomic E-state index is 0.0765. The van der Waals surface area contributed by atoms with E-state index in [0.717, 1.165) is 12.8 Å². The van der Waals surface area contributed by atoms with Gasteiger partial charge in [-0.25, -0.2) is 0 Å². The number of rotatable bonds is 5. The molecule has 1 atom stereocenters. The third kappa shape index (κ3) is 3.53. The normalized spacial score (nSPS) is 24.2. The van der Waals surface area contributed by atoms with E-state index in [0.29, 0.717) is 18.8 Å². The summed E-state index contributed by atoms with van der Waals surface area (Å²) in [7, 11) is 0. The van der Waals surface area contributed by atoms with Crippen LogP contribution in [0.1, 0.15) is 71.1 Å². The Bertz CT molecular complexity index is 355. The van der Waals surface area contributed by atoms with Gasteiger partial charge in [-0.05, 0) is 38.5 Å². The molecule has 0 heterocycles. The van der Waals surface area contributed by atoms with Gasteiger partial charge in [0.15, 0.2) is 0 Å². The van der Waals surface area contributed by atoms with E-state index in [4.69, 9.17) is 0 Å². The van der Waals surface area contributed by atoms with E-state index in [9.17, 15) is 14.7 Å². The molecule has 2 aliphatic carbocycles. The number of hydrogen-bond donors (Lipinski definition) is 2. The van der Waals surface area contributed by atoms with Gasteiger partial charge in [0.1, 0.15) is 0 Å². The van der Waals surface area contributed by atoms with E-state index >= 15 is 0 Å². The van der Waals surface area contributed by atoms with Gasteiger partial charge in [-0.3, -0.25) is 9.59 Å². The van der Waals surface area contributed by atoms with E-state index < -0.39 is 11.4 Å². The monoisotopic (exact) mass is 281 g/mol. The van der Waals surface area contributed by atoms with Crippen molar-refractivity contribution >= 4 is 11.9 Å². The summed E-state index contributed by atoms with van der Waals surface area (Å²) >= 11 is 0. The summed E-state index contributed by atoms with van der Waals surface area (Å²) in [5, 5.41) is 12.5. The standard InChI is InChI=1S/C16H27NO3/c1-12(13-7-3-2-4-8-13)17-14(18)11-16(15(19)20)9-5-6-10-16/h12-13H,2-11H2,1H3,(H,17,18)(H,19,20). The fourth-order valence-corrected chi connectivity index (χ4v) is 3.88. The summed E-state index contributed by atoms with van der Waals surface area (Å²) in [5.74, 6) is -0.306. The Hall–Kier alpha value is -1.06. The maximum Gasteiger partial charge on any atom is 0.310 e. The Morgan fingerprint density at radius 1 is 1.15 bits per heavy atom. The van der Waals surface area contributed by atoms with Crippen molar-refractivity contribution in [3.05, 3.63) is 0 Å². The highest BCUT2D eigenvalue weighted by Gasteiger charge is 2.43. The molecule has 0 bridgehead atoms. The van der Waals surface area contributed by atoms with Gasteiger partial charge in [0.25, 0.3) is 0 Å². The zero-order valence-corrected chi connectivity index (χ0v) is 12.5. The molecule has 1 amide bonds. The number of aliphatic carboxylic acids is 1. The molecule has 2 N–H and O–H groups in total. The van der Waals surface area contributed by atoms with Crippen molar-refractivity contribution < 1.29 is 14.7 Å². The second-order valence-electron chi connectivity index (χ2n) is 6.72. The van der Waals surface area contributed by atoms with Crippen LogP contribution >= 0.6 is 0 Å². The Labute approximate surface area is 121 Å². The lowest BCUT2D eigenvalue weighted by atomic mass is 9.81. The molecule has 4 nitrogen and oxygen atoms in total. The van der Waals surface area contributed by atoms with E-state index in [1.54, 1.807) is 0 Å². The molecule has 2 saturated carbocycles. The minimum Gasteiger partial charge on any atom is -0.481 e. The zero-order chi connectivity index (χ0) is 14.6. The quantitative estimate of drug-likeness (QED) is 0.813. The first kappa shape index (κ1) is 15.3. The molecular formula is C16H27NO3. The first-order chi connectivity index (χ1) is 9.53. The molecule has 0 aromatic rings. The molecule has 114 valence electrons. The Morgan fingerprint density at radius 2 is 1.75 bits per heavy atom. The van der Waals surface area contributed by atoms with Crippen molar-refractivity contribution in [2.75, 3.05) is 0 Å². The second-order valence-corrected chi connectivity index (χ2v) is 6.72. The highest BCUT2D eigenvalue weighted by Crippen LogP contribution is 2.41. The van der Waals surface area contributed by atoms with Gasteiger partial charge in [0.05, 0.1) is 5.41 Å². The number of hydrogen-bond acceptors (Lipinski definition) is 2. The van der Waals surface area contributed by atoms with Gasteiger partial charge in [-0.2, -0.15) is 0 Å². The molecule has 0 radical (unpaired) electrons. The molecular weight excluding hydrogens is 254 g/mol. The molecule has 0 aromatic heterocycles. The van der Waals surface area contributed by atoms with Gasteiger partial charge in [-0.1, -0.05) is 32.1 Å². The summed E-state index contributed by atoms with van der Waals surface area (Å²) in [4.78, 5) is 23.7. The lowest BCUT2D eigenvalue weighted by Gasteiger charge is -2.30. The molecule has 1 unspecified atom stereocenters. The number of carboxylic acid groups (broad SMARTS) is 1. The number of nitrogens with one attached hydrogen (secondary N) is 1. The molecule has 2 rings (SSSR count). The van der Waals surface area contributed by atoms with E-state index in [1.807, 2.05) is 0 Å². The van der Waals surface area contributed by atoms with Gasteiger partial charge in [-0.15, -0.1) is 0 Å². The van der Waals surface area contributed by atoms with Crippen LogP contribution in [-0.2, 0) is 9.59 Å². The Kier molecular flexibility index (Phi) is 5.06. The lowest BCUT2D eigenvalue weighted by Crippen LogP contribution is -2.42. The molecule has 0 aromatic carbocycles. The van der Waals surface area contributed by atoms with Crippen molar-refractivity contribution in [1.82, 2.24) is 5.32 Å². The second kappa shape index (κ2) is 6.59. The van der Waals surface area contributed by atoms with Crippen LogP contribution in [0.3, 0.4) is 0 Å². The van der Waals surface area contributed by atoms with Crippen LogP contribution in [0, 0.1) is 11.3 Å². The third-order valence-corrected chi connectivity index (χ3v) is 5.26. The van der Waals surface area contributed by atoms with Gasteiger partial charge < -0.3 is 10.4 Å². The van der Waals surface area contributed by atoms with E-state index in [-0.39, 0.29) is 18.4 Å². The fourth-order valence-electron chi connectivity index (χ4n) is 3.88. The van der Waals surface area contributed by atoms with Crippen LogP contribution in [-0.4, -0.2) is 23.0 Å². The Balaban J connectivity index is 1.86. The first-order valence-corrected chi connectivity index (χ1v) is 8.06. The van der Waals surface area contributed by atoms with Crippen LogP contribution in [0.2, 0.25) is 0 Å². The fraction of sp³-hybridized carbons (Fsp3) is 0.875. The van der Waals surface area contributed by atoms with Crippen molar-refractivity contribution in [2.45, 2.75) is 77.2 Å². The van der Waals surface area contributed by atoms with Gasteiger partial charge in [0, 0.05) is 12.5 Å². The average molecular weight is 281 g/mol. The largest absolute Gasteiger partial charge is 0.481 e. The molecule has 20 heavy (non-hydrogen) atoms. The highest BCUT2D eigenvalue weighted by atomic mass is 16.4. The van der Waals surface area contributed by atoms with Crippen LogP contribution in [0.4, 0.5) is 0 Å². The van der Waals surface area contributed by atoms with Crippen molar-refractivity contribution in [1.29, 1.82) is 0 Å². The van der Waals surface area contributed by atoms with Crippen LogP contribution < -0.4 is 5.32 Å². The van der Waals surface area contributed by atoms with Crippen molar-refractivity contribution in [3.8, 4) is 0 Å². The summed E-state index contributed by atoms with van der Waals surface area (Å²) in [5.41, 5.74) is -0.795. The number of amides is 1. The summed E-state index contributed by atoms with van der Waals surface area (Å²) in [6.07, 6.45) is 9.49.